The Bertz CT molecular complexity index is 493. The van der Waals surface area contributed by atoms with Crippen LogP contribution in [0.1, 0.15) is 18.4 Å². The molecule has 1 amide bonds. The van der Waals surface area contributed by atoms with Gasteiger partial charge in [-0.3, -0.25) is 4.57 Å². The molecule has 4 heterocycles. The Balaban J connectivity index is 1.66. The molecule has 18 heavy (non-hydrogen) atoms. The Morgan fingerprint density at radius 3 is 2.78 bits per heavy atom. The highest BCUT2D eigenvalue weighted by atomic mass is 16.2. The number of amides is 1. The van der Waals surface area contributed by atoms with E-state index in [0.29, 0.717) is 11.5 Å². The summed E-state index contributed by atoms with van der Waals surface area (Å²) in [5, 5.41) is 11.8. The van der Waals surface area contributed by atoms with E-state index in [9.17, 15) is 4.79 Å². The molecule has 3 aliphatic heterocycles. The van der Waals surface area contributed by atoms with Crippen molar-refractivity contribution >= 4 is 6.03 Å². The van der Waals surface area contributed by atoms with Gasteiger partial charge in [-0.15, -0.1) is 0 Å². The Hall–Kier alpha value is -1.80. The lowest BCUT2D eigenvalue weighted by atomic mass is 9.84. The second-order valence-electron chi connectivity index (χ2n) is 5.11. The van der Waals surface area contributed by atoms with Gasteiger partial charge < -0.3 is 10.2 Å². The highest BCUT2D eigenvalue weighted by Crippen LogP contribution is 2.27. The maximum Gasteiger partial charge on any atom is 0.325 e. The van der Waals surface area contributed by atoms with Crippen LogP contribution in [-0.4, -0.2) is 41.2 Å². The Labute approximate surface area is 106 Å². The van der Waals surface area contributed by atoms with E-state index in [-0.39, 0.29) is 12.1 Å². The van der Waals surface area contributed by atoms with Crippen molar-refractivity contribution in [3.05, 3.63) is 24.0 Å². The lowest BCUT2D eigenvalue weighted by Crippen LogP contribution is -2.57. The van der Waals surface area contributed by atoms with E-state index >= 15 is 0 Å². The van der Waals surface area contributed by atoms with E-state index in [4.69, 9.17) is 5.26 Å². The van der Waals surface area contributed by atoms with Gasteiger partial charge in [-0.25, -0.2) is 4.79 Å². The van der Waals surface area contributed by atoms with Gasteiger partial charge in [0.05, 0.1) is 5.56 Å². The minimum absolute atomic E-state index is 0.129. The highest BCUT2D eigenvalue weighted by molar-refractivity contribution is 5.77. The van der Waals surface area contributed by atoms with Crippen LogP contribution in [0.15, 0.2) is 18.5 Å². The van der Waals surface area contributed by atoms with Gasteiger partial charge in [-0.1, -0.05) is 0 Å². The molecule has 1 aromatic rings. The fourth-order valence-electron chi connectivity index (χ4n) is 2.95. The summed E-state index contributed by atoms with van der Waals surface area (Å²) in [5.41, 5.74) is 0.513. The van der Waals surface area contributed by atoms with E-state index in [1.54, 1.807) is 18.5 Å². The minimum Gasteiger partial charge on any atom is -0.333 e. The molecule has 3 aliphatic rings. The average Bonchev–Trinajstić information content (AvgIpc) is 2.89. The zero-order chi connectivity index (χ0) is 12.5. The van der Waals surface area contributed by atoms with Gasteiger partial charge >= 0.3 is 6.03 Å². The molecule has 5 heteroatoms. The number of piperidine rings is 3. The normalized spacial score (nSPS) is 29.8. The van der Waals surface area contributed by atoms with Crippen LogP contribution < -0.4 is 5.32 Å². The molecule has 0 aromatic carbocycles. The second kappa shape index (κ2) is 4.46. The predicted molar refractivity (Wildman–Crippen MR) is 66.0 cm³/mol. The van der Waals surface area contributed by atoms with Gasteiger partial charge in [0, 0.05) is 25.0 Å². The van der Waals surface area contributed by atoms with Crippen molar-refractivity contribution in [1.29, 1.82) is 5.26 Å². The third-order valence-electron chi connectivity index (χ3n) is 4.02. The molecule has 0 unspecified atom stereocenters. The van der Waals surface area contributed by atoms with Crippen molar-refractivity contribution in [2.24, 2.45) is 5.92 Å². The molecule has 0 radical (unpaired) electrons. The van der Waals surface area contributed by atoms with Gasteiger partial charge in [-0.2, -0.15) is 5.26 Å². The van der Waals surface area contributed by atoms with Crippen LogP contribution >= 0.6 is 0 Å². The third-order valence-corrected chi connectivity index (χ3v) is 4.02. The number of hydrogen-bond donors (Lipinski definition) is 1. The number of aromatic nitrogens is 1. The molecular formula is C13H16N4O. The molecule has 94 valence electrons. The van der Waals surface area contributed by atoms with Crippen LogP contribution in [0.2, 0.25) is 0 Å². The van der Waals surface area contributed by atoms with Crippen molar-refractivity contribution < 1.29 is 4.79 Å². The van der Waals surface area contributed by atoms with E-state index in [1.165, 1.54) is 30.5 Å². The molecular weight excluding hydrogens is 228 g/mol. The summed E-state index contributed by atoms with van der Waals surface area (Å²) in [6, 6.07) is 3.80. The molecule has 0 aliphatic carbocycles. The summed E-state index contributed by atoms with van der Waals surface area (Å²) in [5.74, 6) is 0.616. The van der Waals surface area contributed by atoms with Crippen molar-refractivity contribution in [3.63, 3.8) is 0 Å². The summed E-state index contributed by atoms with van der Waals surface area (Å²) < 4.78 is 1.45. The quantitative estimate of drug-likeness (QED) is 0.802. The summed E-state index contributed by atoms with van der Waals surface area (Å²) in [4.78, 5) is 14.4. The summed E-state index contributed by atoms with van der Waals surface area (Å²) in [7, 11) is 0. The predicted octanol–water partition coefficient (Wildman–Crippen LogP) is 1.01. The van der Waals surface area contributed by atoms with Crippen molar-refractivity contribution in [2.75, 3.05) is 19.6 Å². The van der Waals surface area contributed by atoms with Gasteiger partial charge in [0.1, 0.15) is 6.07 Å². The van der Waals surface area contributed by atoms with E-state index in [0.717, 1.165) is 6.54 Å². The van der Waals surface area contributed by atoms with Gasteiger partial charge in [0.25, 0.3) is 0 Å². The van der Waals surface area contributed by atoms with Gasteiger partial charge in [0.15, 0.2) is 0 Å². The monoisotopic (exact) mass is 244 g/mol. The molecule has 1 atom stereocenters. The first kappa shape index (κ1) is 11.3. The first-order valence-corrected chi connectivity index (χ1v) is 6.37. The van der Waals surface area contributed by atoms with E-state index in [1.807, 2.05) is 6.07 Å². The largest absolute Gasteiger partial charge is 0.333 e. The first-order valence-electron chi connectivity index (χ1n) is 6.37. The molecule has 1 aromatic heterocycles. The van der Waals surface area contributed by atoms with Crippen LogP contribution in [0.25, 0.3) is 0 Å². The standard InChI is InChI=1S/C13H16N4O/c14-7-10-1-6-17(8-10)13(18)15-12-9-16-4-2-11(12)3-5-16/h1,6,8,11-12H,2-5,9H2,(H,15,18)/t12-/m0/s1. The zero-order valence-corrected chi connectivity index (χ0v) is 10.2. The molecule has 2 bridgehead atoms. The Morgan fingerprint density at radius 2 is 2.22 bits per heavy atom. The average molecular weight is 244 g/mol. The van der Waals surface area contributed by atoms with Crippen LogP contribution in [0.5, 0.6) is 0 Å². The molecule has 3 saturated heterocycles. The van der Waals surface area contributed by atoms with Crippen molar-refractivity contribution in [3.8, 4) is 6.07 Å². The first-order chi connectivity index (χ1) is 8.76. The number of hydrogen-bond acceptors (Lipinski definition) is 3. The van der Waals surface area contributed by atoms with Gasteiger partial charge in [-0.05, 0) is 37.9 Å². The lowest BCUT2D eigenvalue weighted by molar-refractivity contribution is 0.0767. The molecule has 0 saturated carbocycles. The van der Waals surface area contributed by atoms with E-state index in [2.05, 4.69) is 10.2 Å². The molecule has 1 N–H and O–H groups in total. The maximum atomic E-state index is 12.0. The van der Waals surface area contributed by atoms with Crippen LogP contribution in [0.3, 0.4) is 0 Å². The fraction of sp³-hybridized carbons (Fsp3) is 0.538. The number of nitrogens with one attached hydrogen (secondary N) is 1. The van der Waals surface area contributed by atoms with Crippen LogP contribution in [0, 0.1) is 17.2 Å². The minimum atomic E-state index is -0.129. The van der Waals surface area contributed by atoms with Gasteiger partial charge in [0.2, 0.25) is 0 Å². The zero-order valence-electron chi connectivity index (χ0n) is 10.2. The number of fused-ring (bicyclic) bond motifs is 3. The maximum absolute atomic E-state index is 12.0. The van der Waals surface area contributed by atoms with Crippen LogP contribution in [0.4, 0.5) is 4.79 Å². The lowest BCUT2D eigenvalue weighted by Gasteiger charge is -2.44. The number of carbonyl (C=O) groups excluding carboxylic acids is 1. The van der Waals surface area contributed by atoms with Crippen molar-refractivity contribution in [1.82, 2.24) is 14.8 Å². The third kappa shape index (κ3) is 2.00. The number of nitrogens with zero attached hydrogens (tertiary/aromatic N) is 3. The van der Waals surface area contributed by atoms with Crippen molar-refractivity contribution in [2.45, 2.75) is 18.9 Å². The van der Waals surface area contributed by atoms with Crippen LogP contribution in [-0.2, 0) is 0 Å². The smallest absolute Gasteiger partial charge is 0.325 e. The molecule has 3 fully saturated rings. The molecule has 0 spiro atoms. The fourth-order valence-corrected chi connectivity index (χ4v) is 2.95. The number of carbonyl (C=O) groups is 1. The Kier molecular flexibility index (Phi) is 2.80. The molecule has 5 nitrogen and oxygen atoms in total. The highest BCUT2D eigenvalue weighted by Gasteiger charge is 2.34. The summed E-state index contributed by atoms with van der Waals surface area (Å²) in [6.07, 6.45) is 5.56. The number of nitriles is 1. The number of rotatable bonds is 1. The summed E-state index contributed by atoms with van der Waals surface area (Å²) >= 11 is 0. The topological polar surface area (TPSA) is 61.1 Å². The molecule has 4 rings (SSSR count). The Morgan fingerprint density at radius 1 is 1.44 bits per heavy atom. The van der Waals surface area contributed by atoms with E-state index < -0.39 is 0 Å². The second-order valence-corrected chi connectivity index (χ2v) is 5.11. The SMILES string of the molecule is N#Cc1ccn(C(=O)N[C@H]2CN3CCC2CC3)c1. The summed E-state index contributed by atoms with van der Waals surface area (Å²) in [6.45, 7) is 3.29.